The second-order valence-electron chi connectivity index (χ2n) is 7.91. The molecule has 4 heteroatoms. The van der Waals surface area contributed by atoms with Crippen molar-refractivity contribution >= 4 is 11.6 Å². The summed E-state index contributed by atoms with van der Waals surface area (Å²) in [4.78, 5) is 22.6. The Morgan fingerprint density at radius 2 is 1.00 bits per heavy atom. The maximum atomic E-state index is 11.3. The fourth-order valence-electron chi connectivity index (χ4n) is 3.25. The molecule has 0 aliphatic carbocycles. The van der Waals surface area contributed by atoms with Crippen LogP contribution in [-0.2, 0) is 9.59 Å². The lowest BCUT2D eigenvalue weighted by Gasteiger charge is -2.37. The minimum absolute atomic E-state index is 0.238. The van der Waals surface area contributed by atoms with Gasteiger partial charge in [0.05, 0.1) is 41.3 Å². The number of hydrogen-bond donors (Lipinski definition) is 0. The maximum Gasteiger partial charge on any atom is 0.183 e. The summed E-state index contributed by atoms with van der Waals surface area (Å²) in [6.07, 6.45) is 0. The summed E-state index contributed by atoms with van der Waals surface area (Å²) in [6, 6.07) is 0. The van der Waals surface area contributed by atoms with E-state index < -0.39 is 0 Å². The zero-order chi connectivity index (χ0) is 16.1. The van der Waals surface area contributed by atoms with E-state index in [0.717, 1.165) is 22.1 Å². The molecule has 2 unspecified atom stereocenters. The van der Waals surface area contributed by atoms with Crippen LogP contribution < -0.4 is 0 Å². The van der Waals surface area contributed by atoms with Gasteiger partial charge in [0, 0.05) is 25.7 Å². The van der Waals surface area contributed by atoms with Crippen LogP contribution in [0.3, 0.4) is 0 Å². The van der Waals surface area contributed by atoms with E-state index >= 15 is 0 Å². The molecule has 118 valence electrons. The number of ketones is 2. The number of carbonyl (C=O) groups is 2. The number of quaternary nitrogens is 2. The second kappa shape index (κ2) is 7.32. The Balaban J connectivity index is 4.51. The first-order valence-corrected chi connectivity index (χ1v) is 7.47. The first-order chi connectivity index (χ1) is 8.84. The number of Topliss-reactive ketones (excluding diaryl/α,β-unsaturated/α-hetero) is 2. The number of likely N-dealkylation sites (N-methyl/N-ethyl adjacent to an activating group) is 2. The molecule has 0 amide bonds. The summed E-state index contributed by atoms with van der Waals surface area (Å²) >= 11 is 0. The highest BCUT2D eigenvalue weighted by Gasteiger charge is 2.29. The Morgan fingerprint density at radius 1 is 0.750 bits per heavy atom. The van der Waals surface area contributed by atoms with Gasteiger partial charge in [-0.1, -0.05) is 13.8 Å². The predicted molar refractivity (Wildman–Crippen MR) is 83.4 cm³/mol. The Bertz CT molecular complexity index is 314. The maximum absolute atomic E-state index is 11.3. The SMILES string of the molecule is CC(=O)C[N+](C)(C)CC(C)C(C)C[N+](C)(C)CC(C)=O. The van der Waals surface area contributed by atoms with Gasteiger partial charge in [-0.25, -0.2) is 0 Å². The summed E-state index contributed by atoms with van der Waals surface area (Å²) in [7, 11) is 8.45. The zero-order valence-electron chi connectivity index (χ0n) is 14.7. The molecule has 4 nitrogen and oxygen atoms in total. The summed E-state index contributed by atoms with van der Waals surface area (Å²) in [5, 5.41) is 0. The highest BCUT2D eigenvalue weighted by Crippen LogP contribution is 2.18. The predicted octanol–water partition coefficient (Wildman–Crippen LogP) is 1.59. The molecule has 0 radical (unpaired) electrons. The van der Waals surface area contributed by atoms with Crippen molar-refractivity contribution < 1.29 is 18.6 Å². The van der Waals surface area contributed by atoms with Gasteiger partial charge in [0.25, 0.3) is 0 Å². The van der Waals surface area contributed by atoms with Crippen molar-refractivity contribution in [2.45, 2.75) is 27.7 Å². The van der Waals surface area contributed by atoms with Crippen molar-refractivity contribution in [3.05, 3.63) is 0 Å². The molecular formula is C16H34N2O2+2. The lowest BCUT2D eigenvalue weighted by Crippen LogP contribution is -2.50. The average Bonchev–Trinajstić information content (AvgIpc) is 2.10. The van der Waals surface area contributed by atoms with Crippen molar-refractivity contribution in [2.75, 3.05) is 54.4 Å². The largest absolute Gasteiger partial charge is 0.322 e. The zero-order valence-corrected chi connectivity index (χ0v) is 14.7. The third-order valence-corrected chi connectivity index (χ3v) is 3.84. The van der Waals surface area contributed by atoms with E-state index in [2.05, 4.69) is 42.0 Å². The summed E-state index contributed by atoms with van der Waals surface area (Å²) in [5.41, 5.74) is 0. The van der Waals surface area contributed by atoms with E-state index in [1.807, 2.05) is 0 Å². The van der Waals surface area contributed by atoms with Crippen molar-refractivity contribution in [3.63, 3.8) is 0 Å². The number of hydrogen-bond acceptors (Lipinski definition) is 2. The van der Waals surface area contributed by atoms with Crippen molar-refractivity contribution in [1.29, 1.82) is 0 Å². The van der Waals surface area contributed by atoms with Crippen LogP contribution in [0.4, 0.5) is 0 Å². The van der Waals surface area contributed by atoms with Crippen LogP contribution >= 0.6 is 0 Å². The van der Waals surface area contributed by atoms with Gasteiger partial charge in [-0.2, -0.15) is 0 Å². The first-order valence-electron chi connectivity index (χ1n) is 7.47. The van der Waals surface area contributed by atoms with Crippen molar-refractivity contribution in [3.8, 4) is 0 Å². The van der Waals surface area contributed by atoms with Gasteiger partial charge in [0.15, 0.2) is 11.6 Å². The van der Waals surface area contributed by atoms with E-state index in [-0.39, 0.29) is 11.6 Å². The van der Waals surface area contributed by atoms with E-state index in [9.17, 15) is 9.59 Å². The molecule has 0 heterocycles. The molecule has 0 saturated carbocycles. The Morgan fingerprint density at radius 3 is 1.20 bits per heavy atom. The average molecular weight is 286 g/mol. The van der Waals surface area contributed by atoms with Crippen molar-refractivity contribution in [2.24, 2.45) is 11.8 Å². The normalized spacial score (nSPS) is 15.8. The molecule has 0 aliphatic rings. The van der Waals surface area contributed by atoms with Crippen LogP contribution in [0.15, 0.2) is 0 Å². The van der Waals surface area contributed by atoms with Crippen LogP contribution in [0.25, 0.3) is 0 Å². The molecule has 0 spiro atoms. The van der Waals surface area contributed by atoms with Crippen LogP contribution in [0.5, 0.6) is 0 Å². The Labute approximate surface area is 124 Å². The molecule has 0 rings (SSSR count). The number of nitrogens with zero attached hydrogens (tertiary/aromatic N) is 2. The molecule has 0 aromatic rings. The van der Waals surface area contributed by atoms with Gasteiger partial charge in [-0.3, -0.25) is 9.59 Å². The molecule has 20 heavy (non-hydrogen) atoms. The fourth-order valence-corrected chi connectivity index (χ4v) is 3.25. The smallest absolute Gasteiger partial charge is 0.183 e. The molecule has 0 bridgehead atoms. The highest BCUT2D eigenvalue weighted by molar-refractivity contribution is 5.76. The molecule has 0 aromatic heterocycles. The minimum atomic E-state index is 0.238. The van der Waals surface area contributed by atoms with Gasteiger partial charge < -0.3 is 8.97 Å². The summed E-state index contributed by atoms with van der Waals surface area (Å²) in [5.74, 6) is 1.52. The quantitative estimate of drug-likeness (QED) is 0.603. The van der Waals surface area contributed by atoms with Gasteiger partial charge >= 0.3 is 0 Å². The summed E-state index contributed by atoms with van der Waals surface area (Å²) in [6.45, 7) is 11.0. The summed E-state index contributed by atoms with van der Waals surface area (Å²) < 4.78 is 1.47. The molecule has 0 N–H and O–H groups in total. The van der Waals surface area contributed by atoms with Crippen LogP contribution in [0.2, 0.25) is 0 Å². The Hall–Kier alpha value is -0.740. The lowest BCUT2D eigenvalue weighted by molar-refractivity contribution is -0.894. The molecule has 2 atom stereocenters. The van der Waals surface area contributed by atoms with Crippen LogP contribution in [-0.4, -0.2) is 74.9 Å². The molecule has 0 aromatic carbocycles. The molecule has 0 aliphatic heterocycles. The Kier molecular flexibility index (Phi) is 7.05. The van der Waals surface area contributed by atoms with E-state index in [0.29, 0.717) is 24.9 Å². The minimum Gasteiger partial charge on any atom is -0.322 e. The standard InChI is InChI=1S/C16H34N2O2/c1-13(9-17(5,6)11-15(3)19)14(2)10-18(7,8)12-16(4)20/h13-14H,9-12H2,1-8H3/q+2. The molecule has 0 fully saturated rings. The number of rotatable bonds is 9. The first kappa shape index (κ1) is 19.3. The van der Waals surface area contributed by atoms with Crippen LogP contribution in [0.1, 0.15) is 27.7 Å². The topological polar surface area (TPSA) is 34.1 Å². The highest BCUT2D eigenvalue weighted by atomic mass is 16.1. The fraction of sp³-hybridized carbons (Fsp3) is 0.875. The van der Waals surface area contributed by atoms with Crippen molar-refractivity contribution in [1.82, 2.24) is 0 Å². The van der Waals surface area contributed by atoms with Gasteiger partial charge in [-0.15, -0.1) is 0 Å². The van der Waals surface area contributed by atoms with E-state index in [4.69, 9.17) is 0 Å². The van der Waals surface area contributed by atoms with Gasteiger partial charge in [-0.05, 0) is 0 Å². The second-order valence-corrected chi connectivity index (χ2v) is 7.91. The van der Waals surface area contributed by atoms with Crippen LogP contribution in [0, 0.1) is 11.8 Å². The van der Waals surface area contributed by atoms with Gasteiger partial charge in [0.2, 0.25) is 0 Å². The number of carbonyl (C=O) groups excluding carboxylic acids is 2. The molecular weight excluding hydrogens is 252 g/mol. The lowest BCUT2D eigenvalue weighted by atomic mass is 9.93. The third-order valence-electron chi connectivity index (χ3n) is 3.84. The molecule has 0 saturated heterocycles. The van der Waals surface area contributed by atoms with Gasteiger partial charge in [0.1, 0.15) is 13.1 Å². The van der Waals surface area contributed by atoms with E-state index in [1.165, 1.54) is 0 Å². The monoisotopic (exact) mass is 286 g/mol. The van der Waals surface area contributed by atoms with E-state index in [1.54, 1.807) is 13.8 Å². The third kappa shape index (κ3) is 8.43.